The van der Waals surface area contributed by atoms with Crippen LogP contribution < -0.4 is 15.8 Å². The smallest absolute Gasteiger partial charge is 0.234 e. The first-order chi connectivity index (χ1) is 7.20. The maximum absolute atomic E-state index is 13.0. The van der Waals surface area contributed by atoms with Crippen LogP contribution in [0.15, 0.2) is 18.2 Å². The third-order valence-electron chi connectivity index (χ3n) is 2.27. The molecule has 0 saturated carbocycles. The van der Waals surface area contributed by atoms with E-state index in [1.165, 1.54) is 12.1 Å². The maximum atomic E-state index is 13.0. The summed E-state index contributed by atoms with van der Waals surface area (Å²) in [5.74, 6) is -0.00863. The number of halogens is 1. The summed E-state index contributed by atoms with van der Waals surface area (Å²) in [5.41, 5.74) is 5.84. The molecule has 1 aliphatic rings. The van der Waals surface area contributed by atoms with Crippen LogP contribution in [0.3, 0.4) is 0 Å². The highest BCUT2D eigenvalue weighted by Gasteiger charge is 2.25. The molecule has 1 aromatic carbocycles. The molecule has 0 saturated heterocycles. The molecule has 1 heterocycles. The zero-order valence-electron chi connectivity index (χ0n) is 8.00. The lowest BCUT2D eigenvalue weighted by molar-refractivity contribution is -0.120. The zero-order chi connectivity index (χ0) is 10.8. The van der Waals surface area contributed by atoms with Crippen molar-refractivity contribution in [3.63, 3.8) is 0 Å². The van der Waals surface area contributed by atoms with Gasteiger partial charge in [-0.3, -0.25) is 4.79 Å². The molecule has 80 valence electrons. The molecule has 1 unspecified atom stereocenters. The third kappa shape index (κ3) is 1.92. The van der Waals surface area contributed by atoms with Crippen molar-refractivity contribution in [3.05, 3.63) is 29.6 Å². The van der Waals surface area contributed by atoms with E-state index >= 15 is 0 Å². The average Bonchev–Trinajstić information content (AvgIpc) is 2.61. The van der Waals surface area contributed by atoms with Crippen LogP contribution in [-0.4, -0.2) is 19.1 Å². The van der Waals surface area contributed by atoms with E-state index in [0.29, 0.717) is 17.9 Å². The Balaban J connectivity index is 2.20. The van der Waals surface area contributed by atoms with Gasteiger partial charge in [-0.25, -0.2) is 4.39 Å². The van der Waals surface area contributed by atoms with Gasteiger partial charge in [-0.05, 0) is 18.2 Å². The van der Waals surface area contributed by atoms with E-state index in [0.717, 1.165) is 0 Å². The molecule has 1 aliphatic heterocycles. The van der Waals surface area contributed by atoms with E-state index in [1.54, 1.807) is 6.07 Å². The number of nitrogens with one attached hydrogen (secondary N) is 1. The van der Waals surface area contributed by atoms with Gasteiger partial charge in [0.05, 0.1) is 12.6 Å². The Bertz CT molecular complexity index is 395. The molecule has 0 spiro atoms. The lowest BCUT2D eigenvalue weighted by Crippen LogP contribution is -2.34. The van der Waals surface area contributed by atoms with E-state index in [1.807, 2.05) is 0 Å². The minimum absolute atomic E-state index is 0.0822. The van der Waals surface area contributed by atoms with Crippen molar-refractivity contribution in [1.82, 2.24) is 5.32 Å². The summed E-state index contributed by atoms with van der Waals surface area (Å²) in [6.07, 6.45) is 0. The summed E-state index contributed by atoms with van der Waals surface area (Å²) in [6.45, 7) is 0.242. The first-order valence-electron chi connectivity index (χ1n) is 4.62. The Morgan fingerprint density at radius 2 is 2.47 bits per heavy atom. The molecule has 5 heteroatoms. The normalized spacial score (nSPS) is 18.1. The fraction of sp³-hybridized carbons (Fsp3) is 0.300. The van der Waals surface area contributed by atoms with Gasteiger partial charge in [-0.1, -0.05) is 0 Å². The Morgan fingerprint density at radius 3 is 3.20 bits per heavy atom. The largest absolute Gasteiger partial charge is 0.491 e. The Hall–Kier alpha value is -1.62. The van der Waals surface area contributed by atoms with Crippen LogP contribution in [0.25, 0.3) is 0 Å². The Kier molecular flexibility index (Phi) is 2.55. The molecule has 0 bridgehead atoms. The first kappa shape index (κ1) is 9.92. The van der Waals surface area contributed by atoms with Gasteiger partial charge in [0.15, 0.2) is 0 Å². The van der Waals surface area contributed by atoms with E-state index in [9.17, 15) is 9.18 Å². The second-order valence-electron chi connectivity index (χ2n) is 3.32. The molecule has 0 aromatic heterocycles. The summed E-state index contributed by atoms with van der Waals surface area (Å²) in [7, 11) is 0. The van der Waals surface area contributed by atoms with Crippen molar-refractivity contribution >= 4 is 5.91 Å². The fourth-order valence-corrected chi connectivity index (χ4v) is 1.56. The van der Waals surface area contributed by atoms with Gasteiger partial charge in [-0.15, -0.1) is 0 Å². The number of ether oxygens (including phenoxy) is 1. The van der Waals surface area contributed by atoms with Crippen molar-refractivity contribution in [2.45, 2.75) is 6.04 Å². The highest BCUT2D eigenvalue weighted by molar-refractivity contribution is 5.78. The van der Waals surface area contributed by atoms with Crippen LogP contribution in [0.5, 0.6) is 5.75 Å². The first-order valence-corrected chi connectivity index (χ1v) is 4.62. The highest BCUT2D eigenvalue weighted by Crippen LogP contribution is 2.32. The Morgan fingerprint density at radius 1 is 1.67 bits per heavy atom. The van der Waals surface area contributed by atoms with Crippen LogP contribution in [-0.2, 0) is 4.79 Å². The number of hydrogen-bond donors (Lipinski definition) is 2. The van der Waals surface area contributed by atoms with Crippen LogP contribution in [0, 0.1) is 5.82 Å². The van der Waals surface area contributed by atoms with Crippen LogP contribution in [0.2, 0.25) is 0 Å². The van der Waals surface area contributed by atoms with Gasteiger partial charge in [0.1, 0.15) is 18.2 Å². The third-order valence-corrected chi connectivity index (χ3v) is 2.27. The second kappa shape index (κ2) is 3.86. The minimum atomic E-state index is -0.341. The number of nitrogens with two attached hydrogens (primary N) is 1. The number of carbonyl (C=O) groups is 1. The molecule has 1 aromatic rings. The molecule has 15 heavy (non-hydrogen) atoms. The van der Waals surface area contributed by atoms with Gasteiger partial charge < -0.3 is 15.8 Å². The maximum Gasteiger partial charge on any atom is 0.234 e. The summed E-state index contributed by atoms with van der Waals surface area (Å²) in [5, 5.41) is 2.66. The quantitative estimate of drug-likeness (QED) is 0.739. The number of amides is 1. The molecule has 0 aliphatic carbocycles. The predicted octanol–water partition coefficient (Wildman–Crippen LogP) is 0.334. The van der Waals surface area contributed by atoms with Gasteiger partial charge in [0.2, 0.25) is 5.91 Å². The van der Waals surface area contributed by atoms with E-state index in [-0.39, 0.29) is 24.3 Å². The minimum Gasteiger partial charge on any atom is -0.491 e. The van der Waals surface area contributed by atoms with Crippen molar-refractivity contribution in [1.29, 1.82) is 0 Å². The average molecular weight is 210 g/mol. The van der Waals surface area contributed by atoms with Crippen molar-refractivity contribution in [2.75, 3.05) is 13.2 Å². The summed E-state index contributed by atoms with van der Waals surface area (Å²) >= 11 is 0. The van der Waals surface area contributed by atoms with Gasteiger partial charge in [-0.2, -0.15) is 0 Å². The SMILES string of the molecule is NCC(=O)NC1COc2ccc(F)cc21. The molecule has 0 fully saturated rings. The topological polar surface area (TPSA) is 64.4 Å². The van der Waals surface area contributed by atoms with Crippen LogP contribution >= 0.6 is 0 Å². The predicted molar refractivity (Wildman–Crippen MR) is 51.8 cm³/mol. The van der Waals surface area contributed by atoms with Gasteiger partial charge in [0, 0.05) is 5.56 Å². The second-order valence-corrected chi connectivity index (χ2v) is 3.32. The fourth-order valence-electron chi connectivity index (χ4n) is 1.56. The molecular formula is C10H11FN2O2. The standard InChI is InChI=1S/C10H11FN2O2/c11-6-1-2-9-7(3-6)8(5-15-9)13-10(14)4-12/h1-3,8H,4-5,12H2,(H,13,14). The Labute approximate surface area is 86.2 Å². The molecule has 1 amide bonds. The molecule has 1 atom stereocenters. The lowest BCUT2D eigenvalue weighted by atomic mass is 10.1. The monoisotopic (exact) mass is 210 g/mol. The van der Waals surface area contributed by atoms with E-state index in [2.05, 4.69) is 5.32 Å². The summed E-state index contributed by atoms with van der Waals surface area (Å²) in [4.78, 5) is 11.1. The van der Waals surface area contributed by atoms with Crippen molar-refractivity contribution in [3.8, 4) is 5.75 Å². The number of rotatable bonds is 2. The molecule has 2 rings (SSSR count). The lowest BCUT2D eigenvalue weighted by Gasteiger charge is -2.10. The van der Waals surface area contributed by atoms with Crippen LogP contribution in [0.1, 0.15) is 11.6 Å². The molecular weight excluding hydrogens is 199 g/mol. The molecule has 4 nitrogen and oxygen atoms in total. The van der Waals surface area contributed by atoms with E-state index < -0.39 is 0 Å². The summed E-state index contributed by atoms with van der Waals surface area (Å²) < 4.78 is 18.3. The number of fused-ring (bicyclic) bond motifs is 1. The summed E-state index contributed by atoms with van der Waals surface area (Å²) in [6, 6.07) is 3.95. The van der Waals surface area contributed by atoms with Gasteiger partial charge in [0.25, 0.3) is 0 Å². The zero-order valence-corrected chi connectivity index (χ0v) is 8.00. The van der Waals surface area contributed by atoms with Crippen molar-refractivity contribution in [2.24, 2.45) is 5.73 Å². The van der Waals surface area contributed by atoms with Gasteiger partial charge >= 0.3 is 0 Å². The van der Waals surface area contributed by atoms with Crippen LogP contribution in [0.4, 0.5) is 4.39 Å². The number of hydrogen-bond acceptors (Lipinski definition) is 3. The number of benzene rings is 1. The molecule has 0 radical (unpaired) electrons. The van der Waals surface area contributed by atoms with Crippen molar-refractivity contribution < 1.29 is 13.9 Å². The number of carbonyl (C=O) groups excluding carboxylic acids is 1. The van der Waals surface area contributed by atoms with E-state index in [4.69, 9.17) is 10.5 Å². The highest BCUT2D eigenvalue weighted by atomic mass is 19.1. The molecule has 3 N–H and O–H groups in total.